The van der Waals surface area contributed by atoms with Gasteiger partial charge in [-0.05, 0) is 42.7 Å². The standard InChI is InChI=1S/C22H20ClFN4O2/c1-12(29)26-19-10-14(5-8-25-19)27-18-11-15(13-3-4-17(24)16(23)9-13)21(30)28-20(18)22(2)6-7-22/h3-5,8-11H,6-7H2,1-2H3,(H,28,30)(H2,25,26,27,29). The lowest BCUT2D eigenvalue weighted by Crippen LogP contribution is -2.18. The van der Waals surface area contributed by atoms with E-state index in [1.54, 1.807) is 24.4 Å². The molecule has 2 heterocycles. The van der Waals surface area contributed by atoms with Crippen molar-refractivity contribution in [2.24, 2.45) is 0 Å². The number of nitrogens with zero attached hydrogens (tertiary/aromatic N) is 1. The smallest absolute Gasteiger partial charge is 0.256 e. The predicted octanol–water partition coefficient (Wildman–Crippen LogP) is 4.98. The van der Waals surface area contributed by atoms with Gasteiger partial charge in [0.25, 0.3) is 5.56 Å². The van der Waals surface area contributed by atoms with Crippen molar-refractivity contribution in [3.63, 3.8) is 0 Å². The van der Waals surface area contributed by atoms with Crippen LogP contribution in [0.4, 0.5) is 21.6 Å². The van der Waals surface area contributed by atoms with Gasteiger partial charge in [0, 0.05) is 41.5 Å². The zero-order valence-corrected chi connectivity index (χ0v) is 17.2. The second-order valence-corrected chi connectivity index (χ2v) is 8.13. The molecule has 154 valence electrons. The van der Waals surface area contributed by atoms with Crippen LogP contribution in [0, 0.1) is 5.82 Å². The van der Waals surface area contributed by atoms with E-state index in [2.05, 4.69) is 27.5 Å². The Hall–Kier alpha value is -3.19. The van der Waals surface area contributed by atoms with E-state index in [0.717, 1.165) is 24.2 Å². The molecule has 0 aliphatic heterocycles. The van der Waals surface area contributed by atoms with Crippen LogP contribution in [0.5, 0.6) is 0 Å². The van der Waals surface area contributed by atoms with Crippen molar-refractivity contribution in [1.29, 1.82) is 0 Å². The number of pyridine rings is 2. The molecular formula is C22H20ClFN4O2. The molecule has 2 aromatic heterocycles. The van der Waals surface area contributed by atoms with Gasteiger partial charge in [0.1, 0.15) is 11.6 Å². The number of H-pyrrole nitrogens is 1. The molecule has 0 spiro atoms. The topological polar surface area (TPSA) is 86.9 Å². The summed E-state index contributed by atoms with van der Waals surface area (Å²) in [4.78, 5) is 31.3. The van der Waals surface area contributed by atoms with Crippen LogP contribution in [-0.4, -0.2) is 15.9 Å². The van der Waals surface area contributed by atoms with Gasteiger partial charge in [-0.3, -0.25) is 9.59 Å². The van der Waals surface area contributed by atoms with Crippen molar-refractivity contribution >= 4 is 34.7 Å². The number of aromatic amines is 1. The van der Waals surface area contributed by atoms with Gasteiger partial charge in [-0.1, -0.05) is 24.6 Å². The molecule has 3 N–H and O–H groups in total. The lowest BCUT2D eigenvalue weighted by Gasteiger charge is -2.18. The van der Waals surface area contributed by atoms with Crippen LogP contribution in [0.3, 0.4) is 0 Å². The molecule has 6 nitrogen and oxygen atoms in total. The highest BCUT2D eigenvalue weighted by molar-refractivity contribution is 6.31. The summed E-state index contributed by atoms with van der Waals surface area (Å²) in [6.45, 7) is 3.50. The minimum Gasteiger partial charge on any atom is -0.354 e. The van der Waals surface area contributed by atoms with Gasteiger partial charge in [0.2, 0.25) is 5.91 Å². The molecule has 1 aliphatic carbocycles. The maximum atomic E-state index is 13.6. The summed E-state index contributed by atoms with van der Waals surface area (Å²) in [5.74, 6) is -0.341. The van der Waals surface area contributed by atoms with Gasteiger partial charge in [0.15, 0.2) is 0 Å². The van der Waals surface area contributed by atoms with E-state index in [9.17, 15) is 14.0 Å². The summed E-state index contributed by atoms with van der Waals surface area (Å²) in [5.41, 5.74) is 2.76. The predicted molar refractivity (Wildman–Crippen MR) is 116 cm³/mol. The Labute approximate surface area is 177 Å². The number of rotatable bonds is 5. The number of amides is 1. The zero-order valence-electron chi connectivity index (χ0n) is 16.5. The first-order valence-corrected chi connectivity index (χ1v) is 9.87. The van der Waals surface area contributed by atoms with Crippen LogP contribution in [-0.2, 0) is 10.2 Å². The van der Waals surface area contributed by atoms with Crippen molar-refractivity contribution in [2.75, 3.05) is 10.6 Å². The summed E-state index contributed by atoms with van der Waals surface area (Å²) in [5, 5.41) is 5.93. The fourth-order valence-electron chi connectivity index (χ4n) is 3.33. The van der Waals surface area contributed by atoms with Crippen LogP contribution in [0.1, 0.15) is 32.4 Å². The Morgan fingerprint density at radius 2 is 2.00 bits per heavy atom. The monoisotopic (exact) mass is 426 g/mol. The molecule has 0 radical (unpaired) electrons. The minimum absolute atomic E-state index is 0.0475. The Balaban J connectivity index is 1.78. The SMILES string of the molecule is CC(=O)Nc1cc(Nc2cc(-c3ccc(F)c(Cl)c3)c(=O)[nH]c2C2(C)CC2)ccn1. The largest absolute Gasteiger partial charge is 0.354 e. The maximum absolute atomic E-state index is 13.6. The first-order chi connectivity index (χ1) is 14.2. The van der Waals surface area contributed by atoms with E-state index in [1.807, 2.05) is 0 Å². The van der Waals surface area contributed by atoms with Crippen LogP contribution in [0.15, 0.2) is 47.4 Å². The quantitative estimate of drug-likeness (QED) is 0.536. The van der Waals surface area contributed by atoms with Crippen LogP contribution in [0.25, 0.3) is 11.1 Å². The van der Waals surface area contributed by atoms with Crippen LogP contribution in [0.2, 0.25) is 5.02 Å². The van der Waals surface area contributed by atoms with E-state index in [0.29, 0.717) is 22.6 Å². The third-order valence-corrected chi connectivity index (χ3v) is 5.51. The van der Waals surface area contributed by atoms with E-state index in [4.69, 9.17) is 11.6 Å². The molecule has 1 saturated carbocycles. The van der Waals surface area contributed by atoms with E-state index >= 15 is 0 Å². The number of carbonyl (C=O) groups is 1. The second kappa shape index (κ2) is 7.57. The number of benzene rings is 1. The molecule has 1 aromatic carbocycles. The fraction of sp³-hybridized carbons (Fsp3) is 0.227. The lowest BCUT2D eigenvalue weighted by atomic mass is 9.99. The summed E-state index contributed by atoms with van der Waals surface area (Å²) in [6.07, 6.45) is 3.51. The molecule has 1 aliphatic rings. The summed E-state index contributed by atoms with van der Waals surface area (Å²) >= 11 is 5.91. The molecular weight excluding hydrogens is 407 g/mol. The van der Waals surface area contributed by atoms with E-state index in [1.165, 1.54) is 25.1 Å². The molecule has 1 fully saturated rings. The maximum Gasteiger partial charge on any atom is 0.256 e. The molecule has 1 amide bonds. The van der Waals surface area contributed by atoms with Crippen molar-refractivity contribution in [2.45, 2.75) is 32.1 Å². The molecule has 4 rings (SSSR count). The number of hydrogen-bond donors (Lipinski definition) is 3. The number of hydrogen-bond acceptors (Lipinski definition) is 4. The Morgan fingerprint density at radius 1 is 1.23 bits per heavy atom. The average Bonchev–Trinajstić information content (AvgIpc) is 3.43. The van der Waals surface area contributed by atoms with Crippen molar-refractivity contribution in [1.82, 2.24) is 9.97 Å². The molecule has 30 heavy (non-hydrogen) atoms. The Morgan fingerprint density at radius 3 is 2.67 bits per heavy atom. The van der Waals surface area contributed by atoms with Gasteiger partial charge in [-0.15, -0.1) is 0 Å². The highest BCUT2D eigenvalue weighted by Crippen LogP contribution is 2.49. The molecule has 0 bridgehead atoms. The normalized spacial score (nSPS) is 14.3. The van der Waals surface area contributed by atoms with Gasteiger partial charge >= 0.3 is 0 Å². The van der Waals surface area contributed by atoms with Gasteiger partial charge in [-0.25, -0.2) is 9.37 Å². The number of nitrogens with one attached hydrogen (secondary N) is 3. The highest BCUT2D eigenvalue weighted by atomic mass is 35.5. The first kappa shape index (κ1) is 20.1. The molecule has 0 atom stereocenters. The summed E-state index contributed by atoms with van der Waals surface area (Å²) < 4.78 is 13.6. The van der Waals surface area contributed by atoms with Crippen LogP contribution >= 0.6 is 11.6 Å². The zero-order chi connectivity index (χ0) is 21.5. The molecule has 3 aromatic rings. The summed E-state index contributed by atoms with van der Waals surface area (Å²) in [6, 6.07) is 9.42. The average molecular weight is 427 g/mol. The van der Waals surface area contributed by atoms with Crippen LogP contribution < -0.4 is 16.2 Å². The highest BCUT2D eigenvalue weighted by Gasteiger charge is 2.42. The third kappa shape index (κ3) is 4.07. The Kier molecular flexibility index (Phi) is 5.07. The Bertz CT molecular complexity index is 1200. The first-order valence-electron chi connectivity index (χ1n) is 9.49. The van der Waals surface area contributed by atoms with Gasteiger partial charge in [-0.2, -0.15) is 0 Å². The second-order valence-electron chi connectivity index (χ2n) is 7.73. The summed E-state index contributed by atoms with van der Waals surface area (Å²) in [7, 11) is 0. The fourth-order valence-corrected chi connectivity index (χ4v) is 3.51. The van der Waals surface area contributed by atoms with Crippen molar-refractivity contribution in [3.05, 3.63) is 69.5 Å². The number of halogens is 2. The lowest BCUT2D eigenvalue weighted by molar-refractivity contribution is -0.114. The van der Waals surface area contributed by atoms with Crippen molar-refractivity contribution < 1.29 is 9.18 Å². The third-order valence-electron chi connectivity index (χ3n) is 5.22. The molecule has 0 saturated heterocycles. The van der Waals surface area contributed by atoms with Gasteiger partial charge < -0.3 is 15.6 Å². The minimum atomic E-state index is -0.542. The molecule has 8 heteroatoms. The number of aromatic nitrogens is 2. The van der Waals surface area contributed by atoms with Crippen molar-refractivity contribution in [3.8, 4) is 11.1 Å². The molecule has 0 unspecified atom stereocenters. The van der Waals surface area contributed by atoms with Gasteiger partial charge in [0.05, 0.1) is 10.7 Å². The van der Waals surface area contributed by atoms with E-state index in [-0.39, 0.29) is 21.9 Å². The van der Waals surface area contributed by atoms with E-state index < -0.39 is 5.82 Å². The number of anilines is 3. The number of carbonyl (C=O) groups excluding carboxylic acids is 1.